The summed E-state index contributed by atoms with van der Waals surface area (Å²) in [5.41, 5.74) is 0.910. The lowest BCUT2D eigenvalue weighted by Gasteiger charge is -2.30. The lowest BCUT2D eigenvalue weighted by Crippen LogP contribution is -2.36. The fourth-order valence-corrected chi connectivity index (χ4v) is 4.15. The SMILES string of the molecule is CC(C)OCC12CC1C(C)C(P)[C@@H]2OC(C)C. The first-order chi connectivity index (χ1) is 7.88. The van der Waals surface area contributed by atoms with E-state index in [1.165, 1.54) is 6.42 Å². The van der Waals surface area contributed by atoms with Crippen molar-refractivity contribution >= 4 is 9.24 Å². The van der Waals surface area contributed by atoms with Crippen LogP contribution >= 0.6 is 9.24 Å². The molecule has 2 aliphatic carbocycles. The van der Waals surface area contributed by atoms with E-state index >= 15 is 0 Å². The predicted molar refractivity (Wildman–Crippen MR) is 74.3 cm³/mol. The van der Waals surface area contributed by atoms with Crippen molar-refractivity contribution in [1.29, 1.82) is 0 Å². The Bertz CT molecular complexity index is 279. The van der Waals surface area contributed by atoms with E-state index in [0.717, 1.165) is 18.4 Å². The Morgan fingerprint density at radius 3 is 2.41 bits per heavy atom. The number of fused-ring (bicyclic) bond motifs is 1. The Morgan fingerprint density at radius 1 is 1.24 bits per heavy atom. The van der Waals surface area contributed by atoms with Gasteiger partial charge in [-0.05, 0) is 46.0 Å². The fraction of sp³-hybridized carbons (Fsp3) is 1.00. The molecule has 0 bridgehead atoms. The maximum Gasteiger partial charge on any atom is 0.0724 e. The van der Waals surface area contributed by atoms with Crippen LogP contribution in [0.5, 0.6) is 0 Å². The standard InChI is InChI=1S/C14H27O2P/c1-8(2)15-7-14-6-11(14)10(5)12(17)13(14)16-9(3)4/h8-13H,6-7,17H2,1-5H3/t10?,11?,12?,13-,14?/m0/s1. The van der Waals surface area contributed by atoms with E-state index in [9.17, 15) is 0 Å². The zero-order valence-corrected chi connectivity index (χ0v) is 12.9. The molecular weight excluding hydrogens is 231 g/mol. The molecule has 2 aliphatic rings. The molecule has 5 unspecified atom stereocenters. The highest BCUT2D eigenvalue weighted by Gasteiger charge is 2.69. The van der Waals surface area contributed by atoms with Gasteiger partial charge < -0.3 is 9.47 Å². The van der Waals surface area contributed by atoms with Crippen molar-refractivity contribution in [1.82, 2.24) is 0 Å². The minimum absolute atomic E-state index is 0.311. The van der Waals surface area contributed by atoms with Crippen LogP contribution < -0.4 is 0 Å². The largest absolute Gasteiger partial charge is 0.378 e. The third kappa shape index (κ3) is 2.41. The molecule has 3 heteroatoms. The number of hydrogen-bond acceptors (Lipinski definition) is 2. The molecule has 2 rings (SSSR count). The fourth-order valence-electron chi connectivity index (χ4n) is 3.40. The quantitative estimate of drug-likeness (QED) is 0.705. The van der Waals surface area contributed by atoms with Crippen LogP contribution in [0.15, 0.2) is 0 Å². The molecule has 2 fully saturated rings. The molecule has 0 radical (unpaired) electrons. The summed E-state index contributed by atoms with van der Waals surface area (Å²) in [5.74, 6) is 1.56. The molecule has 0 saturated heterocycles. The van der Waals surface area contributed by atoms with Crippen molar-refractivity contribution in [2.45, 2.75) is 65.0 Å². The average Bonchev–Trinajstić information content (AvgIpc) is 2.92. The van der Waals surface area contributed by atoms with E-state index < -0.39 is 0 Å². The molecule has 2 nitrogen and oxygen atoms in total. The van der Waals surface area contributed by atoms with Crippen LogP contribution in [-0.4, -0.2) is 30.6 Å². The van der Waals surface area contributed by atoms with Gasteiger partial charge in [0, 0.05) is 11.1 Å². The van der Waals surface area contributed by atoms with Crippen LogP contribution in [0.1, 0.15) is 41.0 Å². The van der Waals surface area contributed by atoms with Crippen molar-refractivity contribution in [2.24, 2.45) is 17.3 Å². The van der Waals surface area contributed by atoms with E-state index in [2.05, 4.69) is 43.9 Å². The second kappa shape index (κ2) is 4.79. The smallest absolute Gasteiger partial charge is 0.0724 e. The van der Waals surface area contributed by atoms with Crippen molar-refractivity contribution in [2.75, 3.05) is 6.61 Å². The van der Waals surface area contributed by atoms with Gasteiger partial charge in [0.2, 0.25) is 0 Å². The van der Waals surface area contributed by atoms with Crippen LogP contribution in [0.2, 0.25) is 0 Å². The van der Waals surface area contributed by atoms with Gasteiger partial charge in [-0.3, -0.25) is 0 Å². The van der Waals surface area contributed by atoms with Gasteiger partial charge in [-0.2, -0.15) is 0 Å². The zero-order chi connectivity index (χ0) is 12.8. The topological polar surface area (TPSA) is 18.5 Å². The summed E-state index contributed by atoms with van der Waals surface area (Å²) in [7, 11) is 3.01. The van der Waals surface area contributed by atoms with Crippen molar-refractivity contribution in [3.63, 3.8) is 0 Å². The third-order valence-electron chi connectivity index (χ3n) is 4.44. The molecule has 0 aromatic carbocycles. The van der Waals surface area contributed by atoms with Gasteiger partial charge in [-0.25, -0.2) is 0 Å². The Balaban J connectivity index is 2.05. The van der Waals surface area contributed by atoms with Gasteiger partial charge in [0.05, 0.1) is 24.9 Å². The van der Waals surface area contributed by atoms with Gasteiger partial charge in [-0.15, -0.1) is 9.24 Å². The van der Waals surface area contributed by atoms with Crippen LogP contribution in [-0.2, 0) is 9.47 Å². The highest BCUT2D eigenvalue weighted by molar-refractivity contribution is 7.17. The Morgan fingerprint density at radius 2 is 1.88 bits per heavy atom. The monoisotopic (exact) mass is 258 g/mol. The zero-order valence-electron chi connectivity index (χ0n) is 11.8. The molecule has 0 amide bonds. The molecule has 2 saturated carbocycles. The summed E-state index contributed by atoms with van der Waals surface area (Å²) in [5, 5.41) is 0. The number of rotatable bonds is 5. The van der Waals surface area contributed by atoms with Crippen LogP contribution in [0.4, 0.5) is 0 Å². The maximum atomic E-state index is 6.18. The maximum absolute atomic E-state index is 6.18. The third-order valence-corrected chi connectivity index (χ3v) is 5.40. The molecule has 0 aliphatic heterocycles. The van der Waals surface area contributed by atoms with Gasteiger partial charge >= 0.3 is 0 Å². The summed E-state index contributed by atoms with van der Waals surface area (Å²) in [6.07, 6.45) is 2.30. The van der Waals surface area contributed by atoms with E-state index in [1.54, 1.807) is 0 Å². The average molecular weight is 258 g/mol. The van der Waals surface area contributed by atoms with Crippen LogP contribution in [0, 0.1) is 17.3 Å². The lowest BCUT2D eigenvalue weighted by molar-refractivity contribution is -0.0620. The number of ether oxygens (including phenoxy) is 2. The predicted octanol–water partition coefficient (Wildman–Crippen LogP) is 3.10. The highest BCUT2D eigenvalue weighted by Crippen LogP contribution is 2.68. The second-order valence-electron chi connectivity index (χ2n) is 6.45. The van der Waals surface area contributed by atoms with E-state index in [-0.39, 0.29) is 0 Å². The number of hydrogen-bond donors (Lipinski definition) is 0. The van der Waals surface area contributed by atoms with Gasteiger partial charge in [-0.1, -0.05) is 6.92 Å². The Labute approximate surface area is 108 Å². The molecule has 0 N–H and O–H groups in total. The van der Waals surface area contributed by atoms with Crippen LogP contribution in [0.25, 0.3) is 0 Å². The highest BCUT2D eigenvalue weighted by atomic mass is 31.0. The molecule has 17 heavy (non-hydrogen) atoms. The van der Waals surface area contributed by atoms with Gasteiger partial charge in [0.25, 0.3) is 0 Å². The van der Waals surface area contributed by atoms with Crippen molar-refractivity contribution in [3.8, 4) is 0 Å². The normalized spacial score (nSPS) is 44.5. The molecule has 100 valence electrons. The molecule has 0 aromatic heterocycles. The van der Waals surface area contributed by atoms with Crippen LogP contribution in [0.3, 0.4) is 0 Å². The summed E-state index contributed by atoms with van der Waals surface area (Å²) in [4.78, 5) is 0. The minimum atomic E-state index is 0.311. The van der Waals surface area contributed by atoms with E-state index in [0.29, 0.717) is 29.4 Å². The second-order valence-corrected chi connectivity index (χ2v) is 7.22. The first kappa shape index (κ1) is 13.8. The minimum Gasteiger partial charge on any atom is -0.378 e. The summed E-state index contributed by atoms with van der Waals surface area (Å²) < 4.78 is 12.1. The van der Waals surface area contributed by atoms with Gasteiger partial charge in [0.15, 0.2) is 0 Å². The molecular formula is C14H27O2P. The summed E-state index contributed by atoms with van der Waals surface area (Å²) >= 11 is 0. The van der Waals surface area contributed by atoms with Gasteiger partial charge in [0.1, 0.15) is 0 Å². The van der Waals surface area contributed by atoms with Crippen molar-refractivity contribution in [3.05, 3.63) is 0 Å². The first-order valence-corrected chi connectivity index (χ1v) is 7.58. The summed E-state index contributed by atoms with van der Waals surface area (Å²) in [6, 6.07) is 0. The Hall–Kier alpha value is 0.350. The first-order valence-electron chi connectivity index (χ1n) is 6.91. The van der Waals surface area contributed by atoms with E-state index in [1.807, 2.05) is 0 Å². The molecule has 0 heterocycles. The molecule has 6 atom stereocenters. The summed E-state index contributed by atoms with van der Waals surface area (Å²) in [6.45, 7) is 11.7. The van der Waals surface area contributed by atoms with E-state index in [4.69, 9.17) is 9.47 Å². The molecule has 0 aromatic rings. The molecule has 0 spiro atoms. The Kier molecular flexibility index (Phi) is 3.88. The lowest BCUT2D eigenvalue weighted by atomic mass is 10.0. The van der Waals surface area contributed by atoms with Crippen molar-refractivity contribution < 1.29 is 9.47 Å².